The Hall–Kier alpha value is -2.40. The highest BCUT2D eigenvalue weighted by Crippen LogP contribution is 2.28. The van der Waals surface area contributed by atoms with Gasteiger partial charge in [0.25, 0.3) is 5.56 Å². The average Bonchev–Trinajstić information content (AvgIpc) is 3.27. The lowest BCUT2D eigenvalue weighted by Crippen LogP contribution is -2.25. The van der Waals surface area contributed by atoms with Gasteiger partial charge in [0.2, 0.25) is 0 Å². The van der Waals surface area contributed by atoms with Gasteiger partial charge in [0.15, 0.2) is 5.65 Å². The van der Waals surface area contributed by atoms with Crippen LogP contribution in [-0.2, 0) is 0 Å². The zero-order chi connectivity index (χ0) is 18.3. The molecule has 136 valence electrons. The highest BCUT2D eigenvalue weighted by molar-refractivity contribution is 5.42. The number of likely N-dealkylation sites (tertiary alicyclic amines) is 1. The van der Waals surface area contributed by atoms with Gasteiger partial charge >= 0.3 is 0 Å². The van der Waals surface area contributed by atoms with Crippen LogP contribution in [0.2, 0.25) is 0 Å². The summed E-state index contributed by atoms with van der Waals surface area (Å²) >= 11 is 0. The van der Waals surface area contributed by atoms with Gasteiger partial charge in [-0.2, -0.15) is 0 Å². The van der Waals surface area contributed by atoms with Gasteiger partial charge in [0.05, 0.1) is 0 Å². The third-order valence-electron chi connectivity index (χ3n) is 5.72. The summed E-state index contributed by atoms with van der Waals surface area (Å²) in [6.07, 6.45) is 1.11. The molecule has 0 amide bonds. The maximum absolute atomic E-state index is 12.4. The Morgan fingerprint density at radius 2 is 2.04 bits per heavy atom. The maximum atomic E-state index is 12.4. The van der Waals surface area contributed by atoms with E-state index >= 15 is 0 Å². The van der Waals surface area contributed by atoms with Crippen molar-refractivity contribution in [1.82, 2.24) is 19.5 Å². The van der Waals surface area contributed by atoms with E-state index < -0.39 is 0 Å². The molecule has 3 heterocycles. The standard InChI is InChI=1S/C21H26N4O/c1-14(17-7-5-4-6-8-17)12-24-10-9-18(13-24)19-11-20-22-16(3)15(2)21(26)25(20)23-19/h4-8,11,14,18,23H,9-10,12-13H2,1-3H3/t14-,18-/m1/s1. The number of benzene rings is 1. The molecular formula is C21H26N4O. The van der Waals surface area contributed by atoms with Crippen LogP contribution in [0.15, 0.2) is 41.2 Å². The fourth-order valence-corrected chi connectivity index (χ4v) is 3.97. The fraction of sp³-hybridized carbons (Fsp3) is 0.429. The summed E-state index contributed by atoms with van der Waals surface area (Å²) in [5, 5.41) is 3.29. The van der Waals surface area contributed by atoms with Gasteiger partial charge in [0, 0.05) is 42.0 Å². The molecule has 2 aromatic heterocycles. The Labute approximate surface area is 153 Å². The summed E-state index contributed by atoms with van der Waals surface area (Å²) in [6.45, 7) is 9.21. The van der Waals surface area contributed by atoms with Gasteiger partial charge in [-0.1, -0.05) is 37.3 Å². The SMILES string of the molecule is Cc1nc2cc([C@@H]3CCN(C[C@@H](C)c4ccccc4)C3)[nH]n2c(=O)c1C. The van der Waals surface area contributed by atoms with E-state index in [0.717, 1.165) is 43.1 Å². The molecule has 1 N–H and O–H groups in total. The van der Waals surface area contributed by atoms with E-state index in [1.54, 1.807) is 4.52 Å². The van der Waals surface area contributed by atoms with Crippen molar-refractivity contribution in [2.24, 2.45) is 0 Å². The van der Waals surface area contributed by atoms with Crippen LogP contribution in [0, 0.1) is 13.8 Å². The van der Waals surface area contributed by atoms with Crippen molar-refractivity contribution >= 4 is 5.65 Å². The predicted octanol–water partition coefficient (Wildman–Crippen LogP) is 3.23. The van der Waals surface area contributed by atoms with Gasteiger partial charge < -0.3 is 4.90 Å². The second-order valence-electron chi connectivity index (χ2n) is 7.59. The number of fused-ring (bicyclic) bond motifs is 1. The van der Waals surface area contributed by atoms with Crippen molar-refractivity contribution in [3.63, 3.8) is 0 Å². The zero-order valence-electron chi connectivity index (χ0n) is 15.7. The quantitative estimate of drug-likeness (QED) is 0.786. The second kappa shape index (κ2) is 6.72. The molecule has 3 aromatic rings. The van der Waals surface area contributed by atoms with E-state index in [-0.39, 0.29) is 5.56 Å². The zero-order valence-corrected chi connectivity index (χ0v) is 15.7. The lowest BCUT2D eigenvalue weighted by Gasteiger charge is -2.21. The summed E-state index contributed by atoms with van der Waals surface area (Å²) in [5.74, 6) is 0.951. The first-order chi connectivity index (χ1) is 12.5. The van der Waals surface area contributed by atoms with Crippen molar-refractivity contribution in [3.05, 3.63) is 69.3 Å². The normalized spacial score (nSPS) is 19.3. The lowest BCUT2D eigenvalue weighted by molar-refractivity contribution is 0.316. The molecular weight excluding hydrogens is 324 g/mol. The molecule has 0 spiro atoms. The molecule has 0 aliphatic carbocycles. The lowest BCUT2D eigenvalue weighted by atomic mass is 10.0. The molecule has 1 aromatic carbocycles. The number of aromatic amines is 1. The molecule has 4 rings (SSSR count). The summed E-state index contributed by atoms with van der Waals surface area (Å²) in [5.41, 5.74) is 4.76. The minimum atomic E-state index is 0.00584. The van der Waals surface area contributed by atoms with E-state index in [9.17, 15) is 4.79 Å². The molecule has 1 aliphatic rings. The van der Waals surface area contributed by atoms with Crippen LogP contribution in [0.1, 0.15) is 47.7 Å². The molecule has 2 atom stereocenters. The second-order valence-corrected chi connectivity index (χ2v) is 7.59. The smallest absolute Gasteiger partial charge is 0.275 e. The Morgan fingerprint density at radius 1 is 1.27 bits per heavy atom. The summed E-state index contributed by atoms with van der Waals surface area (Å²) in [6, 6.07) is 12.7. The predicted molar refractivity (Wildman–Crippen MR) is 104 cm³/mol. The molecule has 0 radical (unpaired) electrons. The number of nitrogens with one attached hydrogen (secondary N) is 1. The summed E-state index contributed by atoms with van der Waals surface area (Å²) in [4.78, 5) is 19.5. The van der Waals surface area contributed by atoms with Crippen molar-refractivity contribution in [1.29, 1.82) is 0 Å². The topological polar surface area (TPSA) is 53.4 Å². The highest BCUT2D eigenvalue weighted by atomic mass is 16.1. The van der Waals surface area contributed by atoms with Gasteiger partial charge in [-0.3, -0.25) is 9.89 Å². The molecule has 1 fully saturated rings. The number of hydrogen-bond acceptors (Lipinski definition) is 3. The van der Waals surface area contributed by atoms with Crippen LogP contribution < -0.4 is 5.56 Å². The van der Waals surface area contributed by atoms with Crippen LogP contribution in [0.25, 0.3) is 5.65 Å². The van der Waals surface area contributed by atoms with Crippen LogP contribution >= 0.6 is 0 Å². The minimum absolute atomic E-state index is 0.00584. The van der Waals surface area contributed by atoms with Crippen LogP contribution in [0.5, 0.6) is 0 Å². The van der Waals surface area contributed by atoms with E-state index in [2.05, 4.69) is 52.2 Å². The first-order valence-electron chi connectivity index (χ1n) is 9.39. The molecule has 0 unspecified atom stereocenters. The largest absolute Gasteiger partial charge is 0.302 e. The van der Waals surface area contributed by atoms with Crippen molar-refractivity contribution in [2.75, 3.05) is 19.6 Å². The van der Waals surface area contributed by atoms with Crippen molar-refractivity contribution < 1.29 is 0 Å². The molecule has 1 saturated heterocycles. The Morgan fingerprint density at radius 3 is 2.81 bits per heavy atom. The first-order valence-corrected chi connectivity index (χ1v) is 9.39. The van der Waals surface area contributed by atoms with Gasteiger partial charge in [0.1, 0.15) is 0 Å². The third kappa shape index (κ3) is 3.07. The number of nitrogens with zero attached hydrogens (tertiary/aromatic N) is 3. The maximum Gasteiger partial charge on any atom is 0.275 e. The van der Waals surface area contributed by atoms with Crippen molar-refractivity contribution in [3.8, 4) is 0 Å². The van der Waals surface area contributed by atoms with E-state index in [0.29, 0.717) is 17.4 Å². The highest BCUT2D eigenvalue weighted by Gasteiger charge is 2.27. The summed E-state index contributed by atoms with van der Waals surface area (Å²) in [7, 11) is 0. The number of aromatic nitrogens is 3. The Kier molecular flexibility index (Phi) is 4.41. The van der Waals surface area contributed by atoms with Crippen LogP contribution in [0.3, 0.4) is 0 Å². The molecule has 0 saturated carbocycles. The number of hydrogen-bond donors (Lipinski definition) is 1. The van der Waals surface area contributed by atoms with Gasteiger partial charge in [-0.15, -0.1) is 0 Å². The fourth-order valence-electron chi connectivity index (χ4n) is 3.97. The molecule has 1 aliphatic heterocycles. The van der Waals surface area contributed by atoms with Crippen molar-refractivity contribution in [2.45, 2.75) is 39.0 Å². The number of aryl methyl sites for hydroxylation is 1. The molecule has 26 heavy (non-hydrogen) atoms. The number of H-pyrrole nitrogens is 1. The number of rotatable bonds is 4. The van der Waals surface area contributed by atoms with Gasteiger partial charge in [-0.05, 0) is 38.3 Å². The Balaban J connectivity index is 1.49. The average molecular weight is 350 g/mol. The first kappa shape index (κ1) is 17.0. The Bertz CT molecular complexity index is 973. The van der Waals surface area contributed by atoms with E-state index in [4.69, 9.17) is 0 Å². The van der Waals surface area contributed by atoms with Gasteiger partial charge in [-0.25, -0.2) is 9.50 Å². The monoisotopic (exact) mass is 350 g/mol. The van der Waals surface area contributed by atoms with E-state index in [1.165, 1.54) is 5.56 Å². The van der Waals surface area contributed by atoms with Crippen LogP contribution in [0.4, 0.5) is 0 Å². The van der Waals surface area contributed by atoms with Crippen LogP contribution in [-0.4, -0.2) is 39.1 Å². The molecule has 5 heteroatoms. The minimum Gasteiger partial charge on any atom is -0.302 e. The molecule has 5 nitrogen and oxygen atoms in total. The summed E-state index contributed by atoms with van der Waals surface area (Å²) < 4.78 is 1.59. The van der Waals surface area contributed by atoms with E-state index in [1.807, 2.05) is 19.9 Å². The molecule has 0 bridgehead atoms. The third-order valence-corrected chi connectivity index (χ3v) is 5.72.